The highest BCUT2D eigenvalue weighted by molar-refractivity contribution is 9.09. The van der Waals surface area contributed by atoms with E-state index in [1.165, 1.54) is 5.69 Å². The molecule has 1 nitrogen and oxygen atoms in total. The van der Waals surface area contributed by atoms with E-state index in [1.807, 2.05) is 13.0 Å². The molecule has 0 aliphatic rings. The molecule has 72 valence electrons. The van der Waals surface area contributed by atoms with Gasteiger partial charge in [-0.2, -0.15) is 0 Å². The van der Waals surface area contributed by atoms with Gasteiger partial charge < -0.3 is 0 Å². The summed E-state index contributed by atoms with van der Waals surface area (Å²) in [6.45, 7) is 6.46. The molecule has 0 saturated heterocycles. The molecule has 0 amide bonds. The zero-order chi connectivity index (χ0) is 9.84. The minimum absolute atomic E-state index is 0.529. The fraction of sp³-hybridized carbons (Fsp3) is 0.545. The summed E-state index contributed by atoms with van der Waals surface area (Å²) in [7, 11) is 0. The second-order valence-electron chi connectivity index (χ2n) is 3.73. The maximum Gasteiger partial charge on any atom is 0.0418 e. The van der Waals surface area contributed by atoms with E-state index < -0.39 is 0 Å². The van der Waals surface area contributed by atoms with Crippen molar-refractivity contribution >= 4 is 15.9 Å². The molecular formula is C11H16BrN. The Balaban J connectivity index is 2.64. The molecule has 0 aliphatic carbocycles. The average molecular weight is 242 g/mol. The molecule has 1 unspecified atom stereocenters. The second-order valence-corrected chi connectivity index (χ2v) is 4.91. The van der Waals surface area contributed by atoms with Crippen LogP contribution in [-0.2, 0) is 6.42 Å². The molecule has 0 spiro atoms. The lowest BCUT2D eigenvalue weighted by Crippen LogP contribution is -2.11. The summed E-state index contributed by atoms with van der Waals surface area (Å²) in [6.07, 6.45) is 1.01. The first-order chi connectivity index (χ1) is 6.09. The summed E-state index contributed by atoms with van der Waals surface area (Å²) in [4.78, 5) is 5.00. The molecule has 0 fully saturated rings. The van der Waals surface area contributed by atoms with Crippen LogP contribution in [0.15, 0.2) is 18.2 Å². The van der Waals surface area contributed by atoms with Gasteiger partial charge in [-0.1, -0.05) is 35.8 Å². The number of alkyl halides is 1. The van der Waals surface area contributed by atoms with Crippen molar-refractivity contribution < 1.29 is 0 Å². The van der Waals surface area contributed by atoms with Gasteiger partial charge in [-0.15, -0.1) is 0 Å². The SMILES string of the molecule is Cc1cccc(CC(Br)C(C)C)n1. The highest BCUT2D eigenvalue weighted by Crippen LogP contribution is 2.16. The number of hydrogen-bond acceptors (Lipinski definition) is 1. The number of nitrogens with zero attached hydrogens (tertiary/aromatic N) is 1. The third-order valence-corrected chi connectivity index (χ3v) is 3.45. The number of rotatable bonds is 3. The Kier molecular flexibility index (Phi) is 3.91. The minimum atomic E-state index is 0.529. The first-order valence-electron chi connectivity index (χ1n) is 4.66. The van der Waals surface area contributed by atoms with E-state index in [0.717, 1.165) is 12.1 Å². The van der Waals surface area contributed by atoms with Crippen molar-refractivity contribution in [3.63, 3.8) is 0 Å². The minimum Gasteiger partial charge on any atom is -0.258 e. The zero-order valence-corrected chi connectivity index (χ0v) is 10.0. The number of hydrogen-bond donors (Lipinski definition) is 0. The van der Waals surface area contributed by atoms with Gasteiger partial charge in [-0.05, 0) is 25.0 Å². The van der Waals surface area contributed by atoms with Crippen molar-refractivity contribution in [2.45, 2.75) is 32.0 Å². The molecule has 2 heteroatoms. The van der Waals surface area contributed by atoms with E-state index in [9.17, 15) is 0 Å². The van der Waals surface area contributed by atoms with Crippen molar-refractivity contribution in [3.8, 4) is 0 Å². The zero-order valence-electron chi connectivity index (χ0n) is 8.42. The molecule has 0 aromatic carbocycles. The summed E-state index contributed by atoms with van der Waals surface area (Å²) in [5.41, 5.74) is 2.27. The third kappa shape index (κ3) is 3.47. The molecule has 1 atom stereocenters. The molecule has 0 bridgehead atoms. The molecule has 0 aliphatic heterocycles. The van der Waals surface area contributed by atoms with Crippen molar-refractivity contribution in [1.29, 1.82) is 0 Å². The van der Waals surface area contributed by atoms with Gasteiger partial charge >= 0.3 is 0 Å². The van der Waals surface area contributed by atoms with Gasteiger partial charge in [0.1, 0.15) is 0 Å². The Morgan fingerprint density at radius 1 is 1.38 bits per heavy atom. The highest BCUT2D eigenvalue weighted by atomic mass is 79.9. The van der Waals surface area contributed by atoms with Crippen LogP contribution in [0, 0.1) is 12.8 Å². The average Bonchev–Trinajstić information content (AvgIpc) is 2.04. The Morgan fingerprint density at radius 2 is 2.08 bits per heavy atom. The maximum atomic E-state index is 4.47. The normalized spacial score (nSPS) is 13.3. The highest BCUT2D eigenvalue weighted by Gasteiger charge is 2.10. The van der Waals surface area contributed by atoms with Crippen molar-refractivity contribution in [2.75, 3.05) is 0 Å². The van der Waals surface area contributed by atoms with Gasteiger partial charge in [0.05, 0.1) is 0 Å². The van der Waals surface area contributed by atoms with Crippen LogP contribution < -0.4 is 0 Å². The van der Waals surface area contributed by atoms with Gasteiger partial charge in [0.15, 0.2) is 0 Å². The van der Waals surface area contributed by atoms with Crippen molar-refractivity contribution in [1.82, 2.24) is 4.98 Å². The largest absolute Gasteiger partial charge is 0.258 e. The lowest BCUT2D eigenvalue weighted by atomic mass is 10.1. The van der Waals surface area contributed by atoms with E-state index in [4.69, 9.17) is 0 Å². The molecular weight excluding hydrogens is 226 g/mol. The molecule has 1 aromatic rings. The first kappa shape index (κ1) is 10.7. The number of aromatic nitrogens is 1. The number of halogens is 1. The Hall–Kier alpha value is -0.370. The topological polar surface area (TPSA) is 12.9 Å². The molecule has 1 heterocycles. The quantitative estimate of drug-likeness (QED) is 0.740. The number of pyridine rings is 1. The monoisotopic (exact) mass is 241 g/mol. The van der Waals surface area contributed by atoms with Crippen LogP contribution in [0.1, 0.15) is 25.2 Å². The Labute approximate surface area is 88.7 Å². The molecule has 0 saturated carbocycles. The van der Waals surface area contributed by atoms with Gasteiger partial charge in [-0.25, -0.2) is 0 Å². The predicted molar refractivity (Wildman–Crippen MR) is 60.2 cm³/mol. The van der Waals surface area contributed by atoms with E-state index in [2.05, 4.69) is 46.9 Å². The van der Waals surface area contributed by atoms with Crippen LogP contribution in [0.4, 0.5) is 0 Å². The molecule has 1 aromatic heterocycles. The van der Waals surface area contributed by atoms with Crippen LogP contribution in [0.25, 0.3) is 0 Å². The smallest absolute Gasteiger partial charge is 0.0418 e. The first-order valence-corrected chi connectivity index (χ1v) is 5.57. The maximum absolute atomic E-state index is 4.47. The van der Waals surface area contributed by atoms with Crippen LogP contribution in [0.5, 0.6) is 0 Å². The van der Waals surface area contributed by atoms with E-state index in [1.54, 1.807) is 0 Å². The molecule has 13 heavy (non-hydrogen) atoms. The van der Waals surface area contributed by atoms with Gasteiger partial charge in [0.2, 0.25) is 0 Å². The van der Waals surface area contributed by atoms with Crippen LogP contribution in [0.3, 0.4) is 0 Å². The summed E-state index contributed by atoms with van der Waals surface area (Å²) in [5.74, 6) is 0.655. The molecule has 0 radical (unpaired) electrons. The van der Waals surface area contributed by atoms with Crippen LogP contribution >= 0.6 is 15.9 Å². The second kappa shape index (κ2) is 4.75. The van der Waals surface area contributed by atoms with Crippen molar-refractivity contribution in [2.24, 2.45) is 5.92 Å². The lowest BCUT2D eigenvalue weighted by molar-refractivity contribution is 0.607. The lowest BCUT2D eigenvalue weighted by Gasteiger charge is -2.12. The molecule has 1 rings (SSSR count). The Bertz CT molecular complexity index is 271. The Morgan fingerprint density at radius 3 is 2.62 bits per heavy atom. The fourth-order valence-electron chi connectivity index (χ4n) is 1.15. The van der Waals surface area contributed by atoms with E-state index in [0.29, 0.717) is 10.7 Å². The van der Waals surface area contributed by atoms with Crippen molar-refractivity contribution in [3.05, 3.63) is 29.6 Å². The predicted octanol–water partition coefficient (Wildman–Crippen LogP) is 3.35. The molecule has 0 N–H and O–H groups in total. The summed E-state index contributed by atoms with van der Waals surface area (Å²) in [6, 6.07) is 6.18. The summed E-state index contributed by atoms with van der Waals surface area (Å²) >= 11 is 3.66. The van der Waals surface area contributed by atoms with E-state index >= 15 is 0 Å². The standard InChI is InChI=1S/C11H16BrN/c1-8(2)11(12)7-10-6-4-5-9(3)13-10/h4-6,8,11H,7H2,1-3H3. The number of aryl methyl sites for hydroxylation is 1. The van der Waals surface area contributed by atoms with Gasteiger partial charge in [0, 0.05) is 22.6 Å². The van der Waals surface area contributed by atoms with Gasteiger partial charge in [-0.3, -0.25) is 4.98 Å². The fourth-order valence-corrected chi connectivity index (χ4v) is 1.48. The third-order valence-electron chi connectivity index (χ3n) is 2.07. The van der Waals surface area contributed by atoms with Gasteiger partial charge in [0.25, 0.3) is 0 Å². The van der Waals surface area contributed by atoms with E-state index in [-0.39, 0.29) is 0 Å². The van der Waals surface area contributed by atoms with Crippen LogP contribution in [-0.4, -0.2) is 9.81 Å². The summed E-state index contributed by atoms with van der Waals surface area (Å²) in [5, 5.41) is 0. The van der Waals surface area contributed by atoms with Crippen LogP contribution in [0.2, 0.25) is 0 Å². The summed E-state index contributed by atoms with van der Waals surface area (Å²) < 4.78 is 0.